The van der Waals surface area contributed by atoms with Crippen LogP contribution in [0.5, 0.6) is 0 Å². The topological polar surface area (TPSA) is 108 Å². The van der Waals surface area contributed by atoms with Gasteiger partial charge in [-0.25, -0.2) is 4.79 Å². The van der Waals surface area contributed by atoms with Gasteiger partial charge >= 0.3 is 6.09 Å². The Hall–Kier alpha value is -2.41. The highest BCUT2D eigenvalue weighted by molar-refractivity contribution is 5.80. The van der Waals surface area contributed by atoms with Crippen LogP contribution in [0.1, 0.15) is 36.5 Å². The fourth-order valence-electron chi connectivity index (χ4n) is 4.29. The highest BCUT2D eigenvalue weighted by Gasteiger charge is 2.39. The number of carbonyl (C=O) groups excluding carboxylic acids is 1. The Bertz CT molecular complexity index is 761. The summed E-state index contributed by atoms with van der Waals surface area (Å²) in [5.41, 5.74) is 21.3. The highest BCUT2D eigenvalue weighted by atomic mass is 16.6. The number of hydrogen-bond donors (Lipinski definition) is 3. The van der Waals surface area contributed by atoms with Crippen LogP contribution in [-0.4, -0.2) is 43.2 Å². The summed E-state index contributed by atoms with van der Waals surface area (Å²) < 4.78 is 6.04. The molecule has 2 aromatic rings. The summed E-state index contributed by atoms with van der Waals surface area (Å²) in [5.74, 6) is 0. The molecule has 2 aromatic carbocycles. The Morgan fingerprint density at radius 1 is 0.893 bits per heavy atom. The summed E-state index contributed by atoms with van der Waals surface area (Å²) in [7, 11) is 1.76. The summed E-state index contributed by atoms with van der Waals surface area (Å²) >= 11 is 0. The van der Waals surface area contributed by atoms with Crippen LogP contribution in [-0.2, 0) is 4.74 Å². The van der Waals surface area contributed by atoms with E-state index in [1.165, 1.54) is 0 Å². The molecule has 1 aliphatic carbocycles. The van der Waals surface area contributed by atoms with Crippen molar-refractivity contribution in [2.75, 3.05) is 26.7 Å². The number of carbonyl (C=O) groups is 1. The van der Waals surface area contributed by atoms with Crippen LogP contribution in [0.3, 0.4) is 0 Å². The van der Waals surface area contributed by atoms with Crippen molar-refractivity contribution in [3.8, 4) is 11.1 Å². The van der Waals surface area contributed by atoms with E-state index in [2.05, 4.69) is 12.1 Å². The van der Waals surface area contributed by atoms with Crippen molar-refractivity contribution in [2.24, 2.45) is 17.2 Å². The molecule has 0 radical (unpaired) electrons. The van der Waals surface area contributed by atoms with Crippen molar-refractivity contribution in [1.82, 2.24) is 4.90 Å². The maximum absolute atomic E-state index is 13.2. The predicted octanol–water partition coefficient (Wildman–Crippen LogP) is 2.61. The Balaban J connectivity index is 1.89. The van der Waals surface area contributed by atoms with E-state index in [-0.39, 0.29) is 6.09 Å². The molecule has 0 bridgehead atoms. The molecule has 0 unspecified atom stereocenters. The van der Waals surface area contributed by atoms with E-state index in [0.29, 0.717) is 38.9 Å². The van der Waals surface area contributed by atoms with Crippen molar-refractivity contribution in [2.45, 2.75) is 30.9 Å². The zero-order chi connectivity index (χ0) is 20.1. The van der Waals surface area contributed by atoms with Gasteiger partial charge in [0.15, 0.2) is 6.10 Å². The largest absolute Gasteiger partial charge is 0.436 e. The number of nitrogens with two attached hydrogens (primary N) is 3. The SMILES string of the molecule is CN(C(=O)OC1c2ccccc2-c2ccccc21)C(CCN)(CCN)CCN. The fourth-order valence-corrected chi connectivity index (χ4v) is 4.29. The lowest BCUT2D eigenvalue weighted by molar-refractivity contribution is 0.0381. The van der Waals surface area contributed by atoms with Gasteiger partial charge in [-0.15, -0.1) is 0 Å². The first kappa shape index (κ1) is 20.3. The highest BCUT2D eigenvalue weighted by Crippen LogP contribution is 2.45. The Morgan fingerprint density at radius 2 is 1.32 bits per heavy atom. The number of hydrogen-bond acceptors (Lipinski definition) is 5. The minimum Gasteiger partial charge on any atom is -0.436 e. The summed E-state index contributed by atoms with van der Waals surface area (Å²) in [6.45, 7) is 1.35. The Morgan fingerprint density at radius 3 is 1.75 bits per heavy atom. The average molecular weight is 383 g/mol. The van der Waals surface area contributed by atoms with Gasteiger partial charge in [0, 0.05) is 23.7 Å². The molecule has 0 spiro atoms. The van der Waals surface area contributed by atoms with Crippen molar-refractivity contribution in [3.05, 3.63) is 59.7 Å². The van der Waals surface area contributed by atoms with Gasteiger partial charge in [0.25, 0.3) is 0 Å². The monoisotopic (exact) mass is 382 g/mol. The summed E-state index contributed by atoms with van der Waals surface area (Å²) in [5, 5.41) is 0. The van der Waals surface area contributed by atoms with E-state index in [1.54, 1.807) is 11.9 Å². The van der Waals surface area contributed by atoms with Gasteiger partial charge in [0.05, 0.1) is 0 Å². The van der Waals surface area contributed by atoms with E-state index < -0.39 is 11.6 Å². The van der Waals surface area contributed by atoms with Crippen LogP contribution in [0.4, 0.5) is 4.79 Å². The summed E-state index contributed by atoms with van der Waals surface area (Å²) in [4.78, 5) is 14.8. The number of fused-ring (bicyclic) bond motifs is 3. The van der Waals surface area contributed by atoms with E-state index in [9.17, 15) is 4.79 Å². The van der Waals surface area contributed by atoms with Gasteiger partial charge in [-0.2, -0.15) is 0 Å². The number of rotatable bonds is 8. The molecule has 6 nitrogen and oxygen atoms in total. The molecule has 3 rings (SSSR count). The third kappa shape index (κ3) is 3.63. The molecular weight excluding hydrogens is 352 g/mol. The maximum atomic E-state index is 13.2. The van der Waals surface area contributed by atoms with Gasteiger partial charge < -0.3 is 26.8 Å². The first-order valence-electron chi connectivity index (χ1n) is 9.81. The molecule has 0 aliphatic heterocycles. The molecule has 6 N–H and O–H groups in total. The quantitative estimate of drug-likeness (QED) is 0.650. The Kier molecular flexibility index (Phi) is 6.34. The smallest absolute Gasteiger partial charge is 0.410 e. The molecule has 0 saturated heterocycles. The third-order valence-corrected chi connectivity index (χ3v) is 5.81. The molecule has 1 amide bonds. The van der Waals surface area contributed by atoms with Crippen molar-refractivity contribution >= 4 is 6.09 Å². The first-order chi connectivity index (χ1) is 13.6. The zero-order valence-electron chi connectivity index (χ0n) is 16.4. The van der Waals surface area contributed by atoms with Gasteiger partial charge in [-0.1, -0.05) is 48.5 Å². The molecule has 0 aromatic heterocycles. The number of benzene rings is 2. The predicted molar refractivity (Wildman–Crippen MR) is 112 cm³/mol. The van der Waals surface area contributed by atoms with Crippen molar-refractivity contribution in [1.29, 1.82) is 0 Å². The molecule has 28 heavy (non-hydrogen) atoms. The second kappa shape index (κ2) is 8.73. The second-order valence-corrected chi connectivity index (χ2v) is 7.34. The molecule has 6 heteroatoms. The van der Waals surface area contributed by atoms with E-state index >= 15 is 0 Å². The van der Waals surface area contributed by atoms with Gasteiger partial charge in [0.1, 0.15) is 0 Å². The first-order valence-corrected chi connectivity index (χ1v) is 9.81. The normalized spacial score (nSPS) is 13.1. The minimum atomic E-state index is -0.493. The second-order valence-electron chi connectivity index (χ2n) is 7.34. The Labute approximate surface area is 166 Å². The van der Waals surface area contributed by atoms with Crippen LogP contribution in [0.15, 0.2) is 48.5 Å². The van der Waals surface area contributed by atoms with Crippen LogP contribution < -0.4 is 17.2 Å². The molecular formula is C22H30N4O2. The van der Waals surface area contributed by atoms with Gasteiger partial charge in [0.2, 0.25) is 0 Å². The summed E-state index contributed by atoms with van der Waals surface area (Å²) in [6.07, 6.45) is 1.08. The van der Waals surface area contributed by atoms with Crippen molar-refractivity contribution < 1.29 is 9.53 Å². The average Bonchev–Trinajstić information content (AvgIpc) is 3.02. The van der Waals surface area contributed by atoms with E-state index in [0.717, 1.165) is 22.3 Å². The van der Waals surface area contributed by atoms with Crippen LogP contribution in [0.2, 0.25) is 0 Å². The molecule has 1 aliphatic rings. The van der Waals surface area contributed by atoms with Crippen LogP contribution in [0, 0.1) is 0 Å². The lowest BCUT2D eigenvalue weighted by Crippen LogP contribution is -2.53. The molecule has 0 fully saturated rings. The standard InChI is InChI=1S/C22H30N4O2/c1-26(22(10-13-23,11-14-24)12-15-25)21(27)28-20-18-8-4-2-6-16(18)17-7-3-5-9-19(17)20/h2-9,20H,10-15,23-25H2,1H3. The number of nitrogens with zero attached hydrogens (tertiary/aromatic N) is 1. The fraction of sp³-hybridized carbons (Fsp3) is 0.409. The number of amides is 1. The molecule has 150 valence electrons. The molecule has 0 saturated carbocycles. The van der Waals surface area contributed by atoms with Gasteiger partial charge in [-0.3, -0.25) is 0 Å². The van der Waals surface area contributed by atoms with E-state index in [4.69, 9.17) is 21.9 Å². The molecule has 0 heterocycles. The van der Waals surface area contributed by atoms with Crippen LogP contribution >= 0.6 is 0 Å². The third-order valence-electron chi connectivity index (χ3n) is 5.81. The van der Waals surface area contributed by atoms with Crippen LogP contribution in [0.25, 0.3) is 11.1 Å². The minimum absolute atomic E-state index is 0.383. The number of ether oxygens (including phenoxy) is 1. The molecule has 0 atom stereocenters. The van der Waals surface area contributed by atoms with E-state index in [1.807, 2.05) is 36.4 Å². The lowest BCUT2D eigenvalue weighted by atomic mass is 9.86. The van der Waals surface area contributed by atoms with Crippen molar-refractivity contribution in [3.63, 3.8) is 0 Å². The summed E-state index contributed by atoms with van der Waals surface area (Å²) in [6, 6.07) is 16.1. The lowest BCUT2D eigenvalue weighted by Gasteiger charge is -2.41. The maximum Gasteiger partial charge on any atom is 0.410 e. The zero-order valence-corrected chi connectivity index (χ0v) is 16.4. The van der Waals surface area contributed by atoms with Gasteiger partial charge in [-0.05, 0) is 50.0 Å².